The van der Waals surface area contributed by atoms with Gasteiger partial charge in [0.05, 0.1) is 10.7 Å². The van der Waals surface area contributed by atoms with E-state index >= 15 is 0 Å². The summed E-state index contributed by atoms with van der Waals surface area (Å²) < 4.78 is -0.617. The summed E-state index contributed by atoms with van der Waals surface area (Å²) in [5, 5.41) is 9.10. The molecule has 2 nitrogen and oxygen atoms in total. The zero-order chi connectivity index (χ0) is 11.0. The first-order chi connectivity index (χ1) is 6.29. The van der Waals surface area contributed by atoms with Crippen molar-refractivity contribution in [3.63, 3.8) is 0 Å². The number of carboxylic acid groups (broad SMARTS) is 1. The average Bonchev–Trinajstić information content (AvgIpc) is 2.02. The van der Waals surface area contributed by atoms with Crippen LogP contribution in [0.1, 0.15) is 20.8 Å². The number of thiol groups is 1. The van der Waals surface area contributed by atoms with Crippen LogP contribution in [-0.4, -0.2) is 15.8 Å². The first kappa shape index (κ1) is 11.4. The highest BCUT2D eigenvalue weighted by Gasteiger charge is 2.46. The van der Waals surface area contributed by atoms with Crippen LogP contribution in [0.2, 0.25) is 0 Å². The van der Waals surface area contributed by atoms with Crippen molar-refractivity contribution in [3.8, 4) is 0 Å². The van der Waals surface area contributed by atoms with E-state index in [-0.39, 0.29) is 5.41 Å². The molecule has 0 heterocycles. The van der Waals surface area contributed by atoms with Crippen LogP contribution < -0.4 is 0 Å². The van der Waals surface area contributed by atoms with Crippen LogP contribution in [0.4, 0.5) is 0 Å². The normalized spacial score (nSPS) is 31.9. The van der Waals surface area contributed by atoms with Crippen molar-refractivity contribution in [1.29, 1.82) is 0 Å². The second-order valence-corrected chi connectivity index (χ2v) is 5.38. The van der Waals surface area contributed by atoms with E-state index in [1.54, 1.807) is 12.2 Å². The summed E-state index contributed by atoms with van der Waals surface area (Å²) >= 11 is 4.55. The van der Waals surface area contributed by atoms with Crippen molar-refractivity contribution in [2.24, 2.45) is 11.3 Å². The van der Waals surface area contributed by atoms with Gasteiger partial charge in [0.1, 0.15) is 0 Å². The van der Waals surface area contributed by atoms with Crippen molar-refractivity contribution in [2.45, 2.75) is 25.5 Å². The summed E-state index contributed by atoms with van der Waals surface area (Å²) in [6.07, 6.45) is 7.19. The molecule has 0 spiro atoms. The quantitative estimate of drug-likeness (QED) is 0.655. The molecule has 1 N–H and O–H groups in total. The Labute approximate surface area is 90.1 Å². The Kier molecular flexibility index (Phi) is 2.81. The third kappa shape index (κ3) is 1.73. The average molecular weight is 212 g/mol. The largest absolute Gasteiger partial charge is 0.481 e. The molecule has 0 amide bonds. The van der Waals surface area contributed by atoms with E-state index in [2.05, 4.69) is 12.6 Å². The molecule has 78 valence electrons. The molecule has 14 heavy (non-hydrogen) atoms. The van der Waals surface area contributed by atoms with E-state index in [1.807, 2.05) is 32.9 Å². The van der Waals surface area contributed by atoms with Gasteiger partial charge in [-0.1, -0.05) is 45.1 Å². The number of rotatable bonds is 1. The molecule has 1 aliphatic carbocycles. The fraction of sp³-hybridized carbons (Fsp3) is 0.545. The first-order valence-electron chi connectivity index (χ1n) is 4.60. The molecule has 0 saturated heterocycles. The molecule has 0 aromatic rings. The van der Waals surface area contributed by atoms with Crippen molar-refractivity contribution < 1.29 is 9.90 Å². The van der Waals surface area contributed by atoms with E-state index < -0.39 is 16.6 Å². The van der Waals surface area contributed by atoms with E-state index in [9.17, 15) is 4.79 Å². The summed E-state index contributed by atoms with van der Waals surface area (Å²) in [7, 11) is 0. The minimum atomic E-state index is -0.824. The van der Waals surface area contributed by atoms with Gasteiger partial charge >= 0.3 is 5.97 Å². The van der Waals surface area contributed by atoms with Gasteiger partial charge in [0.25, 0.3) is 0 Å². The van der Waals surface area contributed by atoms with Crippen LogP contribution in [-0.2, 0) is 4.79 Å². The van der Waals surface area contributed by atoms with Crippen LogP contribution in [0.5, 0.6) is 0 Å². The molecule has 0 aliphatic heterocycles. The van der Waals surface area contributed by atoms with Gasteiger partial charge in [-0.2, -0.15) is 12.6 Å². The minimum Gasteiger partial charge on any atom is -0.481 e. The fourth-order valence-corrected chi connectivity index (χ4v) is 1.90. The third-order valence-corrected chi connectivity index (χ3v) is 3.80. The summed E-state index contributed by atoms with van der Waals surface area (Å²) in [6.45, 7) is 6.00. The molecule has 2 atom stereocenters. The molecule has 0 bridgehead atoms. The Morgan fingerprint density at radius 3 is 2.36 bits per heavy atom. The molecule has 1 rings (SSSR count). The Morgan fingerprint density at radius 1 is 1.43 bits per heavy atom. The molecular formula is C11H16O2S. The summed E-state index contributed by atoms with van der Waals surface area (Å²) in [5.74, 6) is -1.38. The lowest BCUT2D eigenvalue weighted by atomic mass is 9.70. The van der Waals surface area contributed by atoms with Gasteiger partial charge in [0.15, 0.2) is 0 Å². The zero-order valence-electron chi connectivity index (χ0n) is 8.69. The van der Waals surface area contributed by atoms with E-state index in [4.69, 9.17) is 5.11 Å². The van der Waals surface area contributed by atoms with Crippen molar-refractivity contribution in [2.75, 3.05) is 0 Å². The van der Waals surface area contributed by atoms with Gasteiger partial charge in [-0.15, -0.1) is 0 Å². The Hall–Kier alpha value is -0.700. The maximum atomic E-state index is 11.1. The van der Waals surface area contributed by atoms with Crippen LogP contribution in [0.15, 0.2) is 24.3 Å². The monoisotopic (exact) mass is 212 g/mol. The predicted molar refractivity (Wildman–Crippen MR) is 60.6 cm³/mol. The molecule has 0 saturated carbocycles. The SMILES string of the molecule is CC(C)(C)C1(S)C=CC=CC1C(=O)O. The summed E-state index contributed by atoms with van der Waals surface area (Å²) in [6, 6.07) is 0. The molecule has 1 aliphatic rings. The highest BCUT2D eigenvalue weighted by molar-refractivity contribution is 7.82. The standard InChI is InChI=1S/C11H16O2S/c1-10(2,3)11(14)7-5-4-6-8(11)9(12)13/h4-8,14H,1-3H3,(H,12,13). The van der Waals surface area contributed by atoms with Crippen LogP contribution in [0.25, 0.3) is 0 Å². The van der Waals surface area contributed by atoms with Gasteiger partial charge in [-0.05, 0) is 5.41 Å². The molecule has 0 aromatic carbocycles. The van der Waals surface area contributed by atoms with Gasteiger partial charge in [0.2, 0.25) is 0 Å². The topological polar surface area (TPSA) is 37.3 Å². The second kappa shape index (κ2) is 3.46. The fourth-order valence-electron chi connectivity index (χ4n) is 1.61. The maximum Gasteiger partial charge on any atom is 0.312 e. The van der Waals surface area contributed by atoms with E-state index in [0.717, 1.165) is 0 Å². The lowest BCUT2D eigenvalue weighted by molar-refractivity contribution is -0.141. The molecular weight excluding hydrogens is 196 g/mol. The molecule has 3 heteroatoms. The molecule has 0 radical (unpaired) electrons. The number of allylic oxidation sites excluding steroid dienone is 2. The Bertz CT molecular complexity index is 299. The zero-order valence-corrected chi connectivity index (χ0v) is 9.58. The number of carbonyl (C=O) groups is 1. The predicted octanol–water partition coefficient (Wildman–Crippen LogP) is 2.53. The lowest BCUT2D eigenvalue weighted by Crippen LogP contribution is -2.46. The number of hydrogen-bond donors (Lipinski definition) is 2. The smallest absolute Gasteiger partial charge is 0.312 e. The lowest BCUT2D eigenvalue weighted by Gasteiger charge is -2.42. The summed E-state index contributed by atoms with van der Waals surface area (Å²) in [5.41, 5.74) is -0.194. The van der Waals surface area contributed by atoms with E-state index in [0.29, 0.717) is 0 Å². The molecule has 0 fully saturated rings. The van der Waals surface area contributed by atoms with E-state index in [1.165, 1.54) is 0 Å². The molecule has 0 aromatic heterocycles. The van der Waals surface area contributed by atoms with Gasteiger partial charge in [0, 0.05) is 0 Å². The first-order valence-corrected chi connectivity index (χ1v) is 5.05. The highest BCUT2D eigenvalue weighted by atomic mass is 32.1. The molecule has 2 unspecified atom stereocenters. The van der Waals surface area contributed by atoms with Gasteiger partial charge in [-0.3, -0.25) is 4.79 Å². The van der Waals surface area contributed by atoms with Crippen LogP contribution in [0, 0.1) is 11.3 Å². The number of hydrogen-bond acceptors (Lipinski definition) is 2. The van der Waals surface area contributed by atoms with Crippen molar-refractivity contribution in [3.05, 3.63) is 24.3 Å². The van der Waals surface area contributed by atoms with Crippen LogP contribution >= 0.6 is 12.6 Å². The Morgan fingerprint density at radius 2 is 2.00 bits per heavy atom. The number of carboxylic acids is 1. The van der Waals surface area contributed by atoms with Crippen molar-refractivity contribution in [1.82, 2.24) is 0 Å². The maximum absolute atomic E-state index is 11.1. The third-order valence-electron chi connectivity index (χ3n) is 2.71. The van der Waals surface area contributed by atoms with Crippen molar-refractivity contribution >= 4 is 18.6 Å². The van der Waals surface area contributed by atoms with Gasteiger partial charge in [-0.25, -0.2) is 0 Å². The second-order valence-electron chi connectivity index (χ2n) is 4.64. The summed E-state index contributed by atoms with van der Waals surface area (Å²) in [4.78, 5) is 11.1. The Balaban J connectivity index is 3.13. The number of aliphatic carboxylic acids is 1. The van der Waals surface area contributed by atoms with Crippen LogP contribution in [0.3, 0.4) is 0 Å². The highest BCUT2D eigenvalue weighted by Crippen LogP contribution is 2.45. The minimum absolute atomic E-state index is 0.194. The van der Waals surface area contributed by atoms with Gasteiger partial charge < -0.3 is 5.11 Å².